The van der Waals surface area contributed by atoms with Gasteiger partial charge >= 0.3 is 0 Å². The first-order chi connectivity index (χ1) is 7.66. The van der Waals surface area contributed by atoms with Crippen LogP contribution in [0.25, 0.3) is 0 Å². The number of amides is 1. The van der Waals surface area contributed by atoms with Gasteiger partial charge in [-0.2, -0.15) is 0 Å². The smallest absolute Gasteiger partial charge is 0.273 e. The zero-order valence-electron chi connectivity index (χ0n) is 8.51. The summed E-state index contributed by atoms with van der Waals surface area (Å²) in [5.41, 5.74) is 2.15. The number of carbonyl (C=O) groups is 1. The monoisotopic (exact) mass is 272 g/mol. The molecule has 0 aliphatic rings. The van der Waals surface area contributed by atoms with Crippen LogP contribution in [0.3, 0.4) is 0 Å². The van der Waals surface area contributed by atoms with Gasteiger partial charge in [0.2, 0.25) is 0 Å². The van der Waals surface area contributed by atoms with E-state index in [9.17, 15) is 4.79 Å². The van der Waals surface area contributed by atoms with Gasteiger partial charge in [-0.1, -0.05) is 11.6 Å². The van der Waals surface area contributed by atoms with E-state index in [0.717, 1.165) is 9.21 Å². The van der Waals surface area contributed by atoms with Gasteiger partial charge in [0.05, 0.1) is 16.4 Å². The lowest BCUT2D eigenvalue weighted by Gasteiger charge is -2.14. The average molecular weight is 273 g/mol. The Labute approximate surface area is 106 Å². The van der Waals surface area contributed by atoms with Crippen LogP contribution in [0.1, 0.15) is 15.4 Å². The molecule has 0 bridgehead atoms. The van der Waals surface area contributed by atoms with E-state index in [0.29, 0.717) is 12.2 Å². The minimum absolute atomic E-state index is 0.0641. The van der Waals surface area contributed by atoms with Gasteiger partial charge in [-0.25, -0.2) is 4.98 Å². The molecular formula is C10H9ClN2OS2. The number of aromatic nitrogens is 1. The molecule has 0 saturated heterocycles. The largest absolute Gasteiger partial charge is 0.335 e. The van der Waals surface area contributed by atoms with Crippen LogP contribution in [0.5, 0.6) is 0 Å². The summed E-state index contributed by atoms with van der Waals surface area (Å²) in [6.07, 6.45) is 0. The molecule has 2 aromatic rings. The number of halogens is 1. The lowest BCUT2D eigenvalue weighted by molar-refractivity contribution is 0.0781. The third-order valence-corrected chi connectivity index (χ3v) is 3.82. The van der Waals surface area contributed by atoms with Crippen LogP contribution in [0.15, 0.2) is 23.0 Å². The number of thiophene rings is 1. The van der Waals surface area contributed by atoms with E-state index < -0.39 is 0 Å². The molecular weight excluding hydrogens is 264 g/mol. The van der Waals surface area contributed by atoms with Crippen molar-refractivity contribution in [3.8, 4) is 0 Å². The molecule has 2 heterocycles. The third-order valence-electron chi connectivity index (χ3n) is 2.02. The molecule has 0 aromatic carbocycles. The van der Waals surface area contributed by atoms with Crippen molar-refractivity contribution in [2.24, 2.45) is 0 Å². The maximum absolute atomic E-state index is 11.9. The van der Waals surface area contributed by atoms with Crippen LogP contribution in [0.2, 0.25) is 4.34 Å². The first-order valence-electron chi connectivity index (χ1n) is 4.54. The van der Waals surface area contributed by atoms with E-state index in [1.54, 1.807) is 22.8 Å². The van der Waals surface area contributed by atoms with E-state index in [1.807, 2.05) is 12.1 Å². The topological polar surface area (TPSA) is 33.2 Å². The van der Waals surface area contributed by atoms with Crippen LogP contribution in [0, 0.1) is 0 Å². The van der Waals surface area contributed by atoms with Gasteiger partial charge in [0.25, 0.3) is 5.91 Å². The normalized spacial score (nSPS) is 10.4. The molecule has 3 nitrogen and oxygen atoms in total. The fraction of sp³-hybridized carbons (Fsp3) is 0.200. The Kier molecular flexibility index (Phi) is 3.58. The molecule has 2 aromatic heterocycles. The van der Waals surface area contributed by atoms with Gasteiger partial charge in [0, 0.05) is 17.3 Å². The second kappa shape index (κ2) is 4.95. The summed E-state index contributed by atoms with van der Waals surface area (Å²) < 4.78 is 0.740. The van der Waals surface area contributed by atoms with Gasteiger partial charge in [-0.15, -0.1) is 22.7 Å². The van der Waals surface area contributed by atoms with E-state index in [1.165, 1.54) is 22.7 Å². The highest BCUT2D eigenvalue weighted by atomic mass is 35.5. The molecule has 0 N–H and O–H groups in total. The summed E-state index contributed by atoms with van der Waals surface area (Å²) in [5.74, 6) is -0.0641. The highest BCUT2D eigenvalue weighted by molar-refractivity contribution is 7.16. The van der Waals surface area contributed by atoms with Crippen molar-refractivity contribution in [2.75, 3.05) is 7.05 Å². The second-order valence-electron chi connectivity index (χ2n) is 3.24. The Morgan fingerprint density at radius 1 is 1.56 bits per heavy atom. The lowest BCUT2D eigenvalue weighted by atomic mass is 10.4. The van der Waals surface area contributed by atoms with Crippen molar-refractivity contribution in [1.29, 1.82) is 0 Å². The molecule has 0 fully saturated rings. The first kappa shape index (κ1) is 11.6. The Morgan fingerprint density at radius 3 is 2.94 bits per heavy atom. The fourth-order valence-corrected chi connectivity index (χ4v) is 2.92. The predicted octanol–water partition coefficient (Wildman–Crippen LogP) is 3.13. The SMILES string of the molecule is CN(Cc1ccc(Cl)s1)C(=O)c1cscn1. The van der Waals surface area contributed by atoms with Gasteiger partial charge in [-0.05, 0) is 12.1 Å². The Morgan fingerprint density at radius 2 is 2.38 bits per heavy atom. The van der Waals surface area contributed by atoms with Crippen molar-refractivity contribution in [3.05, 3.63) is 37.9 Å². The molecule has 2 rings (SSSR count). The van der Waals surface area contributed by atoms with E-state index in [4.69, 9.17) is 11.6 Å². The quantitative estimate of drug-likeness (QED) is 0.860. The zero-order chi connectivity index (χ0) is 11.5. The number of rotatable bonds is 3. The summed E-state index contributed by atoms with van der Waals surface area (Å²) in [4.78, 5) is 18.5. The number of hydrogen-bond donors (Lipinski definition) is 0. The van der Waals surface area contributed by atoms with E-state index in [-0.39, 0.29) is 5.91 Å². The molecule has 6 heteroatoms. The minimum Gasteiger partial charge on any atom is -0.335 e. The highest BCUT2D eigenvalue weighted by Crippen LogP contribution is 2.22. The summed E-state index contributed by atoms with van der Waals surface area (Å²) in [5, 5.41) is 1.75. The van der Waals surface area contributed by atoms with E-state index >= 15 is 0 Å². The Bertz CT molecular complexity index is 481. The van der Waals surface area contributed by atoms with Crippen molar-refractivity contribution >= 4 is 40.2 Å². The van der Waals surface area contributed by atoms with Crippen molar-refractivity contribution in [3.63, 3.8) is 0 Å². The Balaban J connectivity index is 2.03. The van der Waals surface area contributed by atoms with Crippen LogP contribution in [-0.2, 0) is 6.54 Å². The molecule has 0 aliphatic carbocycles. The van der Waals surface area contributed by atoms with Gasteiger partial charge in [0.15, 0.2) is 0 Å². The van der Waals surface area contributed by atoms with Crippen LogP contribution in [-0.4, -0.2) is 22.8 Å². The lowest BCUT2D eigenvalue weighted by Crippen LogP contribution is -2.25. The van der Waals surface area contributed by atoms with Gasteiger partial charge in [0.1, 0.15) is 5.69 Å². The maximum atomic E-state index is 11.9. The standard InChI is InChI=1S/C10H9ClN2OS2/c1-13(4-7-2-3-9(11)16-7)10(14)8-5-15-6-12-8/h2-3,5-6H,4H2,1H3. The van der Waals surface area contributed by atoms with Gasteiger partial charge in [-0.3, -0.25) is 4.79 Å². The second-order valence-corrected chi connectivity index (χ2v) is 5.76. The Hall–Kier alpha value is -0.910. The first-order valence-corrected chi connectivity index (χ1v) is 6.68. The fourth-order valence-electron chi connectivity index (χ4n) is 1.26. The molecule has 0 saturated carbocycles. The molecule has 0 spiro atoms. The molecule has 0 aliphatic heterocycles. The van der Waals surface area contributed by atoms with Crippen molar-refractivity contribution in [2.45, 2.75) is 6.54 Å². The average Bonchev–Trinajstić information content (AvgIpc) is 2.88. The van der Waals surface area contributed by atoms with Gasteiger partial charge < -0.3 is 4.90 Å². The summed E-state index contributed by atoms with van der Waals surface area (Å²) in [6, 6.07) is 3.76. The highest BCUT2D eigenvalue weighted by Gasteiger charge is 2.14. The summed E-state index contributed by atoms with van der Waals surface area (Å²) in [7, 11) is 1.76. The van der Waals surface area contributed by atoms with Crippen molar-refractivity contribution in [1.82, 2.24) is 9.88 Å². The third kappa shape index (κ3) is 2.61. The summed E-state index contributed by atoms with van der Waals surface area (Å²) in [6.45, 7) is 0.563. The van der Waals surface area contributed by atoms with Crippen LogP contribution in [0.4, 0.5) is 0 Å². The zero-order valence-corrected chi connectivity index (χ0v) is 10.9. The van der Waals surface area contributed by atoms with Crippen molar-refractivity contribution < 1.29 is 4.79 Å². The molecule has 0 atom stereocenters. The summed E-state index contributed by atoms with van der Waals surface area (Å²) >= 11 is 8.73. The predicted molar refractivity (Wildman–Crippen MR) is 67.2 cm³/mol. The molecule has 0 radical (unpaired) electrons. The molecule has 1 amide bonds. The van der Waals surface area contributed by atoms with Crippen LogP contribution < -0.4 is 0 Å². The number of nitrogens with zero attached hydrogens (tertiary/aromatic N) is 2. The molecule has 16 heavy (non-hydrogen) atoms. The maximum Gasteiger partial charge on any atom is 0.273 e. The van der Waals surface area contributed by atoms with Crippen LogP contribution >= 0.6 is 34.3 Å². The molecule has 0 unspecified atom stereocenters. The number of carbonyl (C=O) groups excluding carboxylic acids is 1. The minimum atomic E-state index is -0.0641. The van der Waals surface area contributed by atoms with E-state index in [2.05, 4.69) is 4.98 Å². The molecule has 84 valence electrons. The number of hydrogen-bond acceptors (Lipinski definition) is 4. The number of thiazole rings is 1.